The van der Waals surface area contributed by atoms with Gasteiger partial charge >= 0.3 is 6.18 Å². The summed E-state index contributed by atoms with van der Waals surface area (Å²) in [6.07, 6.45) is -3.74. The third-order valence-corrected chi connectivity index (χ3v) is 10.3. The molecule has 2 aliphatic rings. The van der Waals surface area contributed by atoms with Crippen molar-refractivity contribution in [3.05, 3.63) is 99.8 Å². The quantitative estimate of drug-likeness (QED) is 0.291. The average Bonchev–Trinajstić information content (AvgIpc) is 3.28. The van der Waals surface area contributed by atoms with Crippen LogP contribution in [0, 0.1) is 5.82 Å². The fraction of sp³-hybridized carbons (Fsp3) is 0.367. The molecule has 0 radical (unpaired) electrons. The van der Waals surface area contributed by atoms with Crippen molar-refractivity contribution in [2.24, 2.45) is 0 Å². The number of hydrogen-bond donors (Lipinski definition) is 0. The minimum absolute atomic E-state index is 0.0347. The lowest BCUT2D eigenvalue weighted by atomic mass is 9.63. The van der Waals surface area contributed by atoms with Gasteiger partial charge in [-0.25, -0.2) is 17.2 Å². The molecule has 0 bridgehead atoms. The van der Waals surface area contributed by atoms with Gasteiger partial charge in [-0.2, -0.15) is 13.2 Å². The Labute approximate surface area is 240 Å². The molecule has 1 heterocycles. The van der Waals surface area contributed by atoms with E-state index in [1.54, 1.807) is 17.0 Å². The number of aryl methyl sites for hydroxylation is 1. The van der Waals surface area contributed by atoms with Crippen molar-refractivity contribution in [2.75, 3.05) is 12.3 Å². The topological polar surface area (TPSA) is 54.5 Å². The Morgan fingerprint density at radius 1 is 1.02 bits per heavy atom. The van der Waals surface area contributed by atoms with Crippen LogP contribution in [-0.4, -0.2) is 43.7 Å². The summed E-state index contributed by atoms with van der Waals surface area (Å²) in [5.74, 6) is -1.77. The lowest BCUT2D eigenvalue weighted by Gasteiger charge is -2.44. The number of carbonyl (C=O) groups is 1. The van der Waals surface area contributed by atoms with Crippen molar-refractivity contribution in [1.82, 2.24) is 4.90 Å². The van der Waals surface area contributed by atoms with Gasteiger partial charge in [-0.05, 0) is 91.3 Å². The number of rotatable bonds is 6. The van der Waals surface area contributed by atoms with Gasteiger partial charge in [0.05, 0.1) is 4.90 Å². The van der Waals surface area contributed by atoms with Gasteiger partial charge < -0.3 is 4.90 Å². The maximum atomic E-state index is 14.9. The molecule has 1 unspecified atom stereocenters. The van der Waals surface area contributed by atoms with Gasteiger partial charge in [0.25, 0.3) is 0 Å². The molecule has 1 fully saturated rings. The highest BCUT2D eigenvalue weighted by Gasteiger charge is 2.55. The van der Waals surface area contributed by atoms with Crippen LogP contribution in [-0.2, 0) is 38.6 Å². The molecule has 3 aromatic carbocycles. The maximum Gasteiger partial charge on any atom is 0.426 e. The van der Waals surface area contributed by atoms with Gasteiger partial charge in [-0.3, -0.25) is 4.79 Å². The van der Waals surface area contributed by atoms with E-state index in [0.717, 1.165) is 11.6 Å². The summed E-state index contributed by atoms with van der Waals surface area (Å²) in [5, 5.41) is 0.354. The van der Waals surface area contributed by atoms with Crippen LogP contribution in [0.5, 0.6) is 0 Å². The second-order valence-electron chi connectivity index (χ2n) is 10.9. The van der Waals surface area contributed by atoms with Crippen LogP contribution < -0.4 is 0 Å². The summed E-state index contributed by atoms with van der Waals surface area (Å²) >= 11 is 5.87. The fourth-order valence-corrected chi connectivity index (χ4v) is 7.59. The monoisotopic (exact) mass is 611 g/mol. The SMILES string of the molecule is CC(F)(c1ccc2c(c1)CC[C@H]1N(C(=O)CS(=O)(=O)c3ccc(Cl)cc3)CC[C@@]21Cc1ccc(F)cc1)C(F)(F)F. The molecule has 3 aromatic rings. The largest absolute Gasteiger partial charge is 0.426 e. The van der Waals surface area contributed by atoms with E-state index in [1.165, 1.54) is 48.5 Å². The minimum atomic E-state index is -5.10. The summed E-state index contributed by atoms with van der Waals surface area (Å²) in [6.45, 7) is 0.719. The lowest BCUT2D eigenvalue weighted by Crippen LogP contribution is -2.50. The Kier molecular flexibility index (Phi) is 7.47. The van der Waals surface area contributed by atoms with Gasteiger partial charge in [0, 0.05) is 23.0 Å². The van der Waals surface area contributed by atoms with Crippen molar-refractivity contribution in [2.45, 2.75) is 60.8 Å². The van der Waals surface area contributed by atoms with Crippen molar-refractivity contribution < 1.29 is 35.2 Å². The number of carbonyl (C=O) groups excluding carboxylic acids is 1. The predicted molar refractivity (Wildman–Crippen MR) is 145 cm³/mol. The third kappa shape index (κ3) is 5.36. The highest BCUT2D eigenvalue weighted by Crippen LogP contribution is 2.51. The Morgan fingerprint density at radius 2 is 1.68 bits per heavy atom. The average molecular weight is 612 g/mol. The summed E-state index contributed by atoms with van der Waals surface area (Å²) < 4.78 is 95.0. The van der Waals surface area contributed by atoms with E-state index in [1.807, 2.05) is 0 Å². The summed E-state index contributed by atoms with van der Waals surface area (Å²) in [7, 11) is -3.97. The Bertz CT molecular complexity index is 1570. The molecule has 0 N–H and O–H groups in total. The Hall–Kier alpha value is -2.98. The summed E-state index contributed by atoms with van der Waals surface area (Å²) in [4.78, 5) is 15.0. The molecular formula is C30H27ClF5NO3S. The number of alkyl halides is 4. The second kappa shape index (κ2) is 10.4. The zero-order valence-corrected chi connectivity index (χ0v) is 23.6. The maximum absolute atomic E-state index is 14.9. The van der Waals surface area contributed by atoms with Gasteiger partial charge in [0.15, 0.2) is 9.84 Å². The van der Waals surface area contributed by atoms with Crippen molar-refractivity contribution >= 4 is 27.3 Å². The van der Waals surface area contributed by atoms with E-state index in [-0.39, 0.29) is 17.9 Å². The molecule has 1 amide bonds. The van der Waals surface area contributed by atoms with E-state index < -0.39 is 56.2 Å². The van der Waals surface area contributed by atoms with Crippen molar-refractivity contribution in [3.8, 4) is 0 Å². The van der Waals surface area contributed by atoms with Gasteiger partial charge in [-0.1, -0.05) is 41.9 Å². The summed E-state index contributed by atoms with van der Waals surface area (Å²) in [5.41, 5.74) is -2.83. The first-order valence-electron chi connectivity index (χ1n) is 13.1. The molecular weight excluding hydrogens is 585 g/mol. The standard InChI is InChI=1S/C30H27ClF5NO3S/c1-28(33,30(34,35)36)21-5-12-25-20(16-21)4-13-26-29(25,17-19-2-8-23(32)9-3-19)14-15-37(26)27(38)18-41(39,40)24-10-6-22(31)7-11-24/h2-3,5-12,16,26H,4,13-15,17-18H2,1H3/t26-,28?,29-/m1/s1. The third-order valence-electron chi connectivity index (χ3n) is 8.46. The van der Waals surface area contributed by atoms with E-state index in [2.05, 4.69) is 0 Å². The molecule has 3 atom stereocenters. The van der Waals surface area contributed by atoms with Crippen LogP contribution >= 0.6 is 11.6 Å². The molecule has 1 aliphatic heterocycles. The number of nitrogens with zero attached hydrogens (tertiary/aromatic N) is 1. The van der Waals surface area contributed by atoms with Crippen molar-refractivity contribution in [1.29, 1.82) is 0 Å². The van der Waals surface area contributed by atoms with Crippen LogP contribution in [0.1, 0.15) is 42.0 Å². The molecule has 4 nitrogen and oxygen atoms in total. The predicted octanol–water partition coefficient (Wildman–Crippen LogP) is 6.73. The van der Waals surface area contributed by atoms with E-state index in [0.29, 0.717) is 42.3 Å². The highest BCUT2D eigenvalue weighted by molar-refractivity contribution is 7.92. The zero-order valence-electron chi connectivity index (χ0n) is 22.0. The van der Waals surface area contributed by atoms with Crippen LogP contribution in [0.2, 0.25) is 5.02 Å². The van der Waals surface area contributed by atoms with Crippen LogP contribution in [0.15, 0.2) is 71.6 Å². The van der Waals surface area contributed by atoms with E-state index in [9.17, 15) is 35.2 Å². The van der Waals surface area contributed by atoms with Crippen molar-refractivity contribution in [3.63, 3.8) is 0 Å². The first kappa shape index (κ1) is 29.5. The fourth-order valence-electron chi connectivity index (χ4n) is 6.26. The molecule has 218 valence electrons. The Morgan fingerprint density at radius 3 is 2.32 bits per heavy atom. The smallest absolute Gasteiger partial charge is 0.338 e. The van der Waals surface area contributed by atoms with E-state index >= 15 is 0 Å². The molecule has 11 heteroatoms. The number of likely N-dealkylation sites (tertiary alicyclic amines) is 1. The van der Waals surface area contributed by atoms with E-state index in [4.69, 9.17) is 11.6 Å². The Balaban J connectivity index is 1.52. The molecule has 5 rings (SSSR count). The van der Waals surface area contributed by atoms with Crippen LogP contribution in [0.3, 0.4) is 0 Å². The normalized spacial score (nSPS) is 22.1. The van der Waals surface area contributed by atoms with Gasteiger partial charge in [-0.15, -0.1) is 0 Å². The number of halogens is 6. The van der Waals surface area contributed by atoms with Gasteiger partial charge in [0.1, 0.15) is 11.6 Å². The molecule has 0 saturated carbocycles. The summed E-state index contributed by atoms with van der Waals surface area (Å²) in [6, 6.07) is 14.8. The molecule has 1 saturated heterocycles. The lowest BCUT2D eigenvalue weighted by molar-refractivity contribution is -0.228. The number of hydrogen-bond acceptors (Lipinski definition) is 3. The number of amides is 1. The number of benzene rings is 3. The zero-order chi connectivity index (χ0) is 29.8. The van der Waals surface area contributed by atoms with Crippen LogP contribution in [0.4, 0.5) is 22.0 Å². The molecule has 41 heavy (non-hydrogen) atoms. The minimum Gasteiger partial charge on any atom is -0.338 e. The second-order valence-corrected chi connectivity index (χ2v) is 13.4. The highest BCUT2D eigenvalue weighted by atomic mass is 35.5. The molecule has 0 spiro atoms. The first-order chi connectivity index (χ1) is 19.1. The molecule has 0 aromatic heterocycles. The van der Waals surface area contributed by atoms with Gasteiger partial charge in [0.2, 0.25) is 11.6 Å². The number of fused-ring (bicyclic) bond motifs is 3. The first-order valence-corrected chi connectivity index (χ1v) is 15.1. The van der Waals surface area contributed by atoms with Crippen LogP contribution in [0.25, 0.3) is 0 Å². The number of sulfone groups is 1. The molecule has 1 aliphatic carbocycles.